The number of hydrogen-bond acceptors (Lipinski definition) is 2. The van der Waals surface area contributed by atoms with Crippen LogP contribution in [0.15, 0.2) is 30.5 Å². The summed E-state index contributed by atoms with van der Waals surface area (Å²) in [4.78, 5) is 0. The zero-order valence-electron chi connectivity index (χ0n) is 9.18. The number of hydrogen-bond donors (Lipinski definition) is 1. The van der Waals surface area contributed by atoms with Crippen molar-refractivity contribution in [3.8, 4) is 5.69 Å². The summed E-state index contributed by atoms with van der Waals surface area (Å²) in [5, 5.41) is 14.6. The lowest BCUT2D eigenvalue weighted by molar-refractivity contribution is 0.199. The largest absolute Gasteiger partial charge is 0.389 e. The molecule has 0 radical (unpaired) electrons. The maximum Gasteiger partial charge on any atom is 0.0783 e. The molecule has 4 heteroatoms. The Kier molecular flexibility index (Phi) is 2.99. The van der Waals surface area contributed by atoms with E-state index >= 15 is 0 Å². The zero-order valence-corrected chi connectivity index (χ0v) is 9.94. The predicted molar refractivity (Wildman–Crippen MR) is 63.9 cm³/mol. The molecule has 0 aliphatic carbocycles. The molecule has 0 bridgehead atoms. The van der Waals surface area contributed by atoms with Gasteiger partial charge in [-0.05, 0) is 38.1 Å². The van der Waals surface area contributed by atoms with Crippen molar-refractivity contribution < 1.29 is 5.11 Å². The van der Waals surface area contributed by atoms with Crippen LogP contribution in [0.5, 0.6) is 0 Å². The zero-order chi connectivity index (χ0) is 11.7. The number of rotatable bonds is 2. The summed E-state index contributed by atoms with van der Waals surface area (Å²) in [5.41, 5.74) is 2.56. The molecule has 0 saturated carbocycles. The first-order valence-corrected chi connectivity index (χ1v) is 5.46. The molecule has 0 amide bonds. The van der Waals surface area contributed by atoms with Crippen molar-refractivity contribution in [3.05, 3.63) is 46.7 Å². The Morgan fingerprint density at radius 2 is 2.12 bits per heavy atom. The summed E-state index contributed by atoms with van der Waals surface area (Å²) in [7, 11) is 0. The first kappa shape index (κ1) is 11.2. The molecule has 0 aliphatic heterocycles. The monoisotopic (exact) mass is 236 g/mol. The number of aliphatic hydroxyl groups is 1. The number of aryl methyl sites for hydroxylation is 1. The van der Waals surface area contributed by atoms with Crippen LogP contribution in [0.2, 0.25) is 5.02 Å². The van der Waals surface area contributed by atoms with Gasteiger partial charge in [0.1, 0.15) is 0 Å². The summed E-state index contributed by atoms with van der Waals surface area (Å²) >= 11 is 5.91. The van der Waals surface area contributed by atoms with E-state index in [9.17, 15) is 5.11 Å². The number of aliphatic hydroxyl groups excluding tert-OH is 1. The van der Waals surface area contributed by atoms with Crippen molar-refractivity contribution in [2.45, 2.75) is 20.0 Å². The van der Waals surface area contributed by atoms with Crippen LogP contribution in [0.3, 0.4) is 0 Å². The lowest BCUT2D eigenvalue weighted by atomic mass is 10.1. The molecule has 84 valence electrons. The number of aromatic nitrogens is 2. The maximum atomic E-state index is 9.70. The minimum atomic E-state index is -0.571. The van der Waals surface area contributed by atoms with Gasteiger partial charge in [0.05, 0.1) is 17.5 Å². The highest BCUT2D eigenvalue weighted by molar-refractivity contribution is 6.30. The highest BCUT2D eigenvalue weighted by atomic mass is 35.5. The Balaban J connectivity index is 2.56. The molecule has 0 aliphatic rings. The van der Waals surface area contributed by atoms with Gasteiger partial charge in [0.2, 0.25) is 0 Å². The van der Waals surface area contributed by atoms with Gasteiger partial charge in [-0.3, -0.25) is 0 Å². The summed E-state index contributed by atoms with van der Waals surface area (Å²) in [6.07, 6.45) is 1.29. The smallest absolute Gasteiger partial charge is 0.0783 e. The first-order chi connectivity index (χ1) is 7.58. The number of halogens is 1. The SMILES string of the molecule is Cc1ccn(-c2ccc(Cl)cc2[C@H](C)O)n1. The maximum absolute atomic E-state index is 9.70. The van der Waals surface area contributed by atoms with Crippen molar-refractivity contribution >= 4 is 11.6 Å². The van der Waals surface area contributed by atoms with Crippen LogP contribution in [0.4, 0.5) is 0 Å². The van der Waals surface area contributed by atoms with E-state index in [1.165, 1.54) is 0 Å². The molecule has 0 unspecified atom stereocenters. The quantitative estimate of drug-likeness (QED) is 0.871. The van der Waals surface area contributed by atoms with E-state index in [0.29, 0.717) is 5.02 Å². The summed E-state index contributed by atoms with van der Waals surface area (Å²) < 4.78 is 1.74. The van der Waals surface area contributed by atoms with Crippen LogP contribution >= 0.6 is 11.6 Å². The fourth-order valence-corrected chi connectivity index (χ4v) is 1.80. The normalized spacial score (nSPS) is 12.8. The molecule has 2 rings (SSSR count). The van der Waals surface area contributed by atoms with E-state index in [4.69, 9.17) is 11.6 Å². The fraction of sp³-hybridized carbons (Fsp3) is 0.250. The molecule has 1 aromatic carbocycles. The summed E-state index contributed by atoms with van der Waals surface area (Å²) in [5.74, 6) is 0. The van der Waals surface area contributed by atoms with Crippen LogP contribution in [-0.4, -0.2) is 14.9 Å². The van der Waals surface area contributed by atoms with Gasteiger partial charge in [-0.25, -0.2) is 4.68 Å². The third-order valence-electron chi connectivity index (χ3n) is 2.41. The van der Waals surface area contributed by atoms with Crippen LogP contribution in [0, 0.1) is 6.92 Å². The Morgan fingerprint density at radius 1 is 1.38 bits per heavy atom. The Hall–Kier alpha value is -1.32. The second-order valence-electron chi connectivity index (χ2n) is 3.78. The van der Waals surface area contributed by atoms with Gasteiger partial charge in [-0.15, -0.1) is 0 Å². The molecule has 3 nitrogen and oxygen atoms in total. The highest BCUT2D eigenvalue weighted by Crippen LogP contribution is 2.24. The molecule has 1 aromatic heterocycles. The number of benzene rings is 1. The Labute approximate surface area is 99.3 Å². The fourth-order valence-electron chi connectivity index (χ4n) is 1.62. The van der Waals surface area contributed by atoms with E-state index in [0.717, 1.165) is 16.9 Å². The van der Waals surface area contributed by atoms with E-state index in [2.05, 4.69) is 5.10 Å². The lowest BCUT2D eigenvalue weighted by Crippen LogP contribution is -2.03. The van der Waals surface area contributed by atoms with Crippen molar-refractivity contribution in [1.29, 1.82) is 0 Å². The van der Waals surface area contributed by atoms with Crippen molar-refractivity contribution in [3.63, 3.8) is 0 Å². The van der Waals surface area contributed by atoms with E-state index in [1.54, 1.807) is 23.7 Å². The summed E-state index contributed by atoms with van der Waals surface area (Å²) in [6.45, 7) is 3.64. The molecule has 0 fully saturated rings. The van der Waals surface area contributed by atoms with E-state index in [-0.39, 0.29) is 0 Å². The minimum absolute atomic E-state index is 0.571. The molecule has 1 N–H and O–H groups in total. The Morgan fingerprint density at radius 3 is 2.69 bits per heavy atom. The molecule has 0 saturated heterocycles. The summed E-state index contributed by atoms with van der Waals surface area (Å²) in [6, 6.07) is 7.33. The third-order valence-corrected chi connectivity index (χ3v) is 2.64. The second kappa shape index (κ2) is 4.28. The lowest BCUT2D eigenvalue weighted by Gasteiger charge is -2.12. The second-order valence-corrected chi connectivity index (χ2v) is 4.22. The molecule has 16 heavy (non-hydrogen) atoms. The van der Waals surface area contributed by atoms with Crippen LogP contribution in [-0.2, 0) is 0 Å². The van der Waals surface area contributed by atoms with Crippen LogP contribution in [0.1, 0.15) is 24.3 Å². The van der Waals surface area contributed by atoms with Crippen molar-refractivity contribution in [2.24, 2.45) is 0 Å². The average molecular weight is 237 g/mol. The van der Waals surface area contributed by atoms with Gasteiger partial charge in [-0.2, -0.15) is 5.10 Å². The van der Waals surface area contributed by atoms with Crippen LogP contribution < -0.4 is 0 Å². The third kappa shape index (κ3) is 2.10. The topological polar surface area (TPSA) is 38.0 Å². The molecular weight excluding hydrogens is 224 g/mol. The van der Waals surface area contributed by atoms with E-state index < -0.39 is 6.10 Å². The number of nitrogens with zero attached hydrogens (tertiary/aromatic N) is 2. The van der Waals surface area contributed by atoms with Crippen molar-refractivity contribution in [2.75, 3.05) is 0 Å². The molecule has 1 atom stereocenters. The first-order valence-electron chi connectivity index (χ1n) is 5.08. The van der Waals surface area contributed by atoms with Gasteiger partial charge in [0.15, 0.2) is 0 Å². The van der Waals surface area contributed by atoms with Crippen molar-refractivity contribution in [1.82, 2.24) is 9.78 Å². The molecule has 1 heterocycles. The van der Waals surface area contributed by atoms with Gasteiger partial charge >= 0.3 is 0 Å². The van der Waals surface area contributed by atoms with Gasteiger partial charge in [0, 0.05) is 16.8 Å². The molecule has 0 spiro atoms. The highest BCUT2D eigenvalue weighted by Gasteiger charge is 2.10. The van der Waals surface area contributed by atoms with Gasteiger partial charge < -0.3 is 5.11 Å². The average Bonchev–Trinajstić information content (AvgIpc) is 2.64. The predicted octanol–water partition coefficient (Wildman–Crippen LogP) is 2.89. The van der Waals surface area contributed by atoms with E-state index in [1.807, 2.05) is 25.3 Å². The van der Waals surface area contributed by atoms with Crippen LogP contribution in [0.25, 0.3) is 5.69 Å². The van der Waals surface area contributed by atoms with Gasteiger partial charge in [0.25, 0.3) is 0 Å². The standard InChI is InChI=1S/C12H13ClN2O/c1-8-5-6-15(14-8)12-4-3-10(13)7-11(12)9(2)16/h3-7,9,16H,1-2H3/t9-/m0/s1. The Bertz CT molecular complexity index is 505. The van der Waals surface area contributed by atoms with Gasteiger partial charge in [-0.1, -0.05) is 11.6 Å². The molecular formula is C12H13ClN2O. The minimum Gasteiger partial charge on any atom is -0.389 e. The molecule has 2 aromatic rings.